The maximum Gasteiger partial charge on any atom is 0.0585 e. The lowest BCUT2D eigenvalue weighted by Crippen LogP contribution is -2.16. The van der Waals surface area contributed by atoms with E-state index in [1.807, 2.05) is 0 Å². The van der Waals surface area contributed by atoms with Crippen LogP contribution in [0.5, 0.6) is 0 Å². The van der Waals surface area contributed by atoms with Crippen molar-refractivity contribution >= 4 is 49.8 Å². The van der Waals surface area contributed by atoms with Crippen molar-refractivity contribution in [1.82, 2.24) is 9.13 Å². The van der Waals surface area contributed by atoms with E-state index in [9.17, 15) is 0 Å². The van der Waals surface area contributed by atoms with Crippen LogP contribution in [0.4, 0.5) is 17.1 Å². The zero-order valence-electron chi connectivity index (χ0n) is 37.0. The zero-order valence-corrected chi connectivity index (χ0v) is 37.0. The summed E-state index contributed by atoms with van der Waals surface area (Å²) in [7, 11) is 0. The lowest BCUT2D eigenvalue weighted by atomic mass is 9.81. The van der Waals surface area contributed by atoms with Crippen molar-refractivity contribution in [3.63, 3.8) is 0 Å². The Balaban J connectivity index is 0.990. The van der Waals surface area contributed by atoms with Crippen LogP contribution in [0.3, 0.4) is 0 Å². The van der Waals surface area contributed by atoms with Gasteiger partial charge >= 0.3 is 0 Å². The van der Waals surface area contributed by atoms with Gasteiger partial charge in [-0.3, -0.25) is 0 Å². The summed E-state index contributed by atoms with van der Waals surface area (Å²) in [6, 6.07) is 78.6. The molecule has 3 heteroatoms. The second-order valence-corrected chi connectivity index (χ2v) is 19.0. The Kier molecular flexibility index (Phi) is 8.00. The number of hydrogen-bond acceptors (Lipinski definition) is 1. The molecule has 65 heavy (non-hydrogen) atoms. The smallest absolute Gasteiger partial charge is 0.0585 e. The molecule has 0 bridgehead atoms. The third-order valence-corrected chi connectivity index (χ3v) is 14.7. The predicted octanol–water partition coefficient (Wildman–Crippen LogP) is 16.5. The molecule has 0 fully saturated rings. The van der Waals surface area contributed by atoms with E-state index >= 15 is 0 Å². The summed E-state index contributed by atoms with van der Waals surface area (Å²) in [5, 5.41) is 3.79. The highest BCUT2D eigenvalue weighted by Gasteiger charge is 2.41. The minimum absolute atomic E-state index is 0.114. The molecule has 0 saturated heterocycles. The number of para-hydroxylation sites is 2. The lowest BCUT2D eigenvalue weighted by molar-refractivity contribution is 0.660. The molecule has 0 saturated carbocycles. The molecule has 13 rings (SSSR count). The highest BCUT2D eigenvalue weighted by molar-refractivity contribution is 6.15. The maximum atomic E-state index is 2.51. The standard InChI is InChI=1S/C62H47N3/c1-61(2)53-24-14-11-21-47(53)48-36-35-46(37-55(48)61)63(43-29-27-41(28-30-43)40-17-7-5-8-18-40)44-31-33-45(34-32-44)64-56-26-16-13-22-49(56)51-38-58-52(39-57(51)64)59-60(65(58)42-19-9-6-10-20-42)50-23-12-15-25-54(50)62(59,3)4/h5-39H,1-4H3. The molecule has 3 nitrogen and oxygen atoms in total. The average Bonchev–Trinajstić information content (AvgIpc) is 4.01. The first-order valence-electron chi connectivity index (χ1n) is 22.9. The SMILES string of the molecule is CC1(C)c2ccccc2-c2ccc(N(c3ccc(-c4ccccc4)cc3)c3ccc(-n4c5ccccc5c5cc6c(cc54)c4c(n6-c5ccccc5)-c5ccccc5C4(C)C)cc3)cc21. The summed E-state index contributed by atoms with van der Waals surface area (Å²) >= 11 is 0. The minimum Gasteiger partial charge on any atom is -0.310 e. The van der Waals surface area contributed by atoms with Crippen molar-refractivity contribution in [3.05, 3.63) is 235 Å². The van der Waals surface area contributed by atoms with Gasteiger partial charge in [-0.2, -0.15) is 0 Å². The maximum absolute atomic E-state index is 2.51. The quantitative estimate of drug-likeness (QED) is 0.163. The fourth-order valence-electron chi connectivity index (χ4n) is 11.6. The second kappa shape index (κ2) is 13.8. The number of fused-ring (bicyclic) bond motifs is 11. The Hall–Kier alpha value is -7.88. The Morgan fingerprint density at radius 1 is 0.338 bits per heavy atom. The molecule has 0 atom stereocenters. The van der Waals surface area contributed by atoms with Crippen molar-refractivity contribution in [2.24, 2.45) is 0 Å². The average molecular weight is 834 g/mol. The molecule has 0 radical (unpaired) electrons. The molecular weight excluding hydrogens is 787 g/mol. The molecule has 11 aromatic rings. The number of hydrogen-bond donors (Lipinski definition) is 0. The van der Waals surface area contributed by atoms with Crippen LogP contribution in [0.15, 0.2) is 212 Å². The van der Waals surface area contributed by atoms with Crippen LogP contribution in [-0.4, -0.2) is 9.13 Å². The first kappa shape index (κ1) is 37.7. The van der Waals surface area contributed by atoms with Gasteiger partial charge in [0.25, 0.3) is 0 Å². The van der Waals surface area contributed by atoms with Gasteiger partial charge in [-0.1, -0.05) is 161 Å². The van der Waals surface area contributed by atoms with E-state index in [4.69, 9.17) is 0 Å². The highest BCUT2D eigenvalue weighted by Crippen LogP contribution is 2.55. The molecule has 0 aliphatic heterocycles. The van der Waals surface area contributed by atoms with Crippen LogP contribution in [0.2, 0.25) is 0 Å². The van der Waals surface area contributed by atoms with Crippen molar-refractivity contribution in [2.45, 2.75) is 38.5 Å². The Morgan fingerprint density at radius 3 is 1.60 bits per heavy atom. The highest BCUT2D eigenvalue weighted by atomic mass is 15.1. The Bertz CT molecular complexity index is 3680. The van der Waals surface area contributed by atoms with Crippen molar-refractivity contribution in [3.8, 4) is 44.9 Å². The van der Waals surface area contributed by atoms with Gasteiger partial charge in [0.15, 0.2) is 0 Å². The first-order valence-corrected chi connectivity index (χ1v) is 22.9. The van der Waals surface area contributed by atoms with E-state index in [-0.39, 0.29) is 10.8 Å². The predicted molar refractivity (Wildman–Crippen MR) is 273 cm³/mol. The van der Waals surface area contributed by atoms with E-state index in [2.05, 4.69) is 254 Å². The van der Waals surface area contributed by atoms with Gasteiger partial charge in [-0.05, 0) is 123 Å². The van der Waals surface area contributed by atoms with E-state index in [1.54, 1.807) is 0 Å². The minimum atomic E-state index is -0.172. The van der Waals surface area contributed by atoms with Crippen LogP contribution in [0.25, 0.3) is 77.6 Å². The third kappa shape index (κ3) is 5.42. The summed E-state index contributed by atoms with van der Waals surface area (Å²) in [5.74, 6) is 0. The van der Waals surface area contributed by atoms with Crippen LogP contribution >= 0.6 is 0 Å². The van der Waals surface area contributed by atoms with Crippen molar-refractivity contribution in [1.29, 1.82) is 0 Å². The van der Waals surface area contributed by atoms with E-state index in [0.29, 0.717) is 0 Å². The van der Waals surface area contributed by atoms with Crippen LogP contribution in [-0.2, 0) is 10.8 Å². The van der Waals surface area contributed by atoms with Gasteiger partial charge in [-0.25, -0.2) is 0 Å². The van der Waals surface area contributed by atoms with Gasteiger partial charge in [0.2, 0.25) is 0 Å². The summed E-state index contributed by atoms with van der Waals surface area (Å²) in [6.07, 6.45) is 0. The van der Waals surface area contributed by atoms with E-state index < -0.39 is 0 Å². The van der Waals surface area contributed by atoms with E-state index in [0.717, 1.165) is 22.7 Å². The monoisotopic (exact) mass is 833 g/mol. The third-order valence-electron chi connectivity index (χ3n) is 14.7. The van der Waals surface area contributed by atoms with Gasteiger partial charge in [0.1, 0.15) is 0 Å². The van der Waals surface area contributed by atoms with E-state index in [1.165, 1.54) is 94.2 Å². The topological polar surface area (TPSA) is 13.1 Å². The normalized spacial score (nSPS) is 14.1. The molecule has 0 N–H and O–H groups in total. The van der Waals surface area contributed by atoms with Crippen LogP contribution in [0.1, 0.15) is 49.9 Å². The summed E-state index contributed by atoms with van der Waals surface area (Å²) in [4.78, 5) is 2.42. The number of benzene rings is 9. The molecule has 2 aliphatic carbocycles. The molecule has 310 valence electrons. The molecule has 0 amide bonds. The number of aromatic nitrogens is 2. The zero-order chi connectivity index (χ0) is 43.6. The molecule has 2 aliphatic rings. The summed E-state index contributed by atoms with van der Waals surface area (Å²) < 4.78 is 4.99. The Morgan fingerprint density at radius 2 is 0.862 bits per heavy atom. The second-order valence-electron chi connectivity index (χ2n) is 19.0. The molecule has 0 unspecified atom stereocenters. The van der Waals surface area contributed by atoms with Gasteiger partial charge in [0.05, 0.1) is 22.2 Å². The van der Waals surface area contributed by atoms with Gasteiger partial charge in [0, 0.05) is 61.0 Å². The number of nitrogens with zero attached hydrogens (tertiary/aromatic N) is 3. The van der Waals surface area contributed by atoms with Crippen molar-refractivity contribution < 1.29 is 0 Å². The number of anilines is 3. The molecule has 2 heterocycles. The lowest BCUT2D eigenvalue weighted by Gasteiger charge is -2.28. The van der Waals surface area contributed by atoms with Crippen LogP contribution < -0.4 is 4.90 Å². The summed E-state index contributed by atoms with van der Waals surface area (Å²) in [5.41, 5.74) is 22.2. The summed E-state index contributed by atoms with van der Waals surface area (Å²) in [6.45, 7) is 9.51. The van der Waals surface area contributed by atoms with Crippen molar-refractivity contribution in [2.75, 3.05) is 4.90 Å². The fraction of sp³-hybridized carbons (Fsp3) is 0.0968. The molecule has 2 aromatic heterocycles. The molecular formula is C62H47N3. The van der Waals surface area contributed by atoms with Gasteiger partial charge in [-0.15, -0.1) is 0 Å². The molecule has 9 aromatic carbocycles. The van der Waals surface area contributed by atoms with Crippen LogP contribution in [0, 0.1) is 0 Å². The number of rotatable bonds is 6. The first-order chi connectivity index (χ1) is 31.8. The molecule has 0 spiro atoms. The van der Waals surface area contributed by atoms with Gasteiger partial charge < -0.3 is 14.0 Å². The Labute approximate surface area is 380 Å². The largest absolute Gasteiger partial charge is 0.310 e. The fourth-order valence-corrected chi connectivity index (χ4v) is 11.6.